The first-order valence-electron chi connectivity index (χ1n) is 10.4. The molecule has 1 atom stereocenters. The molecule has 1 aliphatic heterocycles. The van der Waals surface area contributed by atoms with Gasteiger partial charge in [-0.1, -0.05) is 11.6 Å². The van der Waals surface area contributed by atoms with Gasteiger partial charge in [0.25, 0.3) is 5.91 Å². The fourth-order valence-corrected chi connectivity index (χ4v) is 6.83. The molecule has 6 rings (SSSR count). The van der Waals surface area contributed by atoms with E-state index in [2.05, 4.69) is 15.2 Å². The highest BCUT2D eigenvalue weighted by molar-refractivity contribution is 6.33. The van der Waals surface area contributed by atoms with E-state index in [9.17, 15) is 4.79 Å². The largest absolute Gasteiger partial charge is 0.355 e. The van der Waals surface area contributed by atoms with Crippen LogP contribution in [0.25, 0.3) is 0 Å². The van der Waals surface area contributed by atoms with Crippen molar-refractivity contribution >= 4 is 23.3 Å². The first-order chi connectivity index (χ1) is 13.0. The van der Waals surface area contributed by atoms with Crippen LogP contribution < -0.4 is 16.0 Å². The van der Waals surface area contributed by atoms with Crippen molar-refractivity contribution in [3.63, 3.8) is 0 Å². The molecule has 0 radical (unpaired) electrons. The molecule has 4 saturated carbocycles. The predicted octanol–water partition coefficient (Wildman–Crippen LogP) is 3.22. The number of nitrogens with two attached hydrogens (primary N) is 1. The number of carbonyl (C=O) groups excluding carboxylic acids is 1. The van der Waals surface area contributed by atoms with E-state index >= 15 is 0 Å². The van der Waals surface area contributed by atoms with Gasteiger partial charge in [-0.25, -0.2) is 4.98 Å². The highest BCUT2D eigenvalue weighted by Gasteiger charge is 2.50. The van der Waals surface area contributed by atoms with E-state index in [0.29, 0.717) is 16.0 Å². The van der Waals surface area contributed by atoms with Crippen molar-refractivity contribution < 1.29 is 4.79 Å². The summed E-state index contributed by atoms with van der Waals surface area (Å²) in [4.78, 5) is 19.5. The molecule has 6 heteroatoms. The summed E-state index contributed by atoms with van der Waals surface area (Å²) in [6.45, 7) is 2.45. The number of carbonyl (C=O) groups is 1. The van der Waals surface area contributed by atoms with E-state index in [-0.39, 0.29) is 11.9 Å². The maximum atomic E-state index is 12.9. The molecule has 0 spiro atoms. The normalized spacial score (nSPS) is 37.0. The lowest BCUT2D eigenvalue weighted by molar-refractivity contribution is -0.0503. The van der Waals surface area contributed by atoms with Crippen LogP contribution in [0.5, 0.6) is 0 Å². The van der Waals surface area contributed by atoms with Crippen LogP contribution in [0.15, 0.2) is 12.3 Å². The van der Waals surface area contributed by atoms with E-state index < -0.39 is 0 Å². The van der Waals surface area contributed by atoms with Crippen molar-refractivity contribution in [3.8, 4) is 0 Å². The molecule has 5 aliphatic rings. The minimum atomic E-state index is -0.0668. The van der Waals surface area contributed by atoms with Crippen molar-refractivity contribution in [2.75, 3.05) is 24.5 Å². The second-order valence-corrected chi connectivity index (χ2v) is 10.0. The summed E-state index contributed by atoms with van der Waals surface area (Å²) in [6.07, 6.45) is 10.7. The lowest BCUT2D eigenvalue weighted by atomic mass is 9.49. The Balaban J connectivity index is 1.28. The summed E-state index contributed by atoms with van der Waals surface area (Å²) in [5, 5.41) is 3.65. The van der Waals surface area contributed by atoms with E-state index in [1.165, 1.54) is 38.5 Å². The molecule has 146 valence electrons. The molecule has 5 fully saturated rings. The second kappa shape index (κ2) is 6.63. The Morgan fingerprint density at radius 1 is 1.26 bits per heavy atom. The summed E-state index contributed by atoms with van der Waals surface area (Å²) in [5.41, 5.74) is 6.87. The summed E-state index contributed by atoms with van der Waals surface area (Å²) >= 11 is 6.31. The topological polar surface area (TPSA) is 71.2 Å². The molecule has 1 saturated heterocycles. The Labute approximate surface area is 166 Å². The maximum absolute atomic E-state index is 12.9. The van der Waals surface area contributed by atoms with Gasteiger partial charge in [-0.05, 0) is 74.2 Å². The van der Waals surface area contributed by atoms with Gasteiger partial charge in [-0.3, -0.25) is 4.79 Å². The van der Waals surface area contributed by atoms with Crippen molar-refractivity contribution in [2.45, 2.75) is 51.0 Å². The molecular weight excluding hydrogens is 360 g/mol. The monoisotopic (exact) mass is 388 g/mol. The predicted molar refractivity (Wildman–Crippen MR) is 107 cm³/mol. The Morgan fingerprint density at radius 2 is 1.93 bits per heavy atom. The average Bonchev–Trinajstić information content (AvgIpc) is 3.05. The third kappa shape index (κ3) is 3.33. The minimum Gasteiger partial charge on any atom is -0.355 e. The van der Waals surface area contributed by atoms with Gasteiger partial charge in [-0.2, -0.15) is 0 Å². The van der Waals surface area contributed by atoms with Crippen LogP contribution in [0.1, 0.15) is 55.3 Å². The summed E-state index contributed by atoms with van der Waals surface area (Å²) in [5.74, 6) is 3.41. The molecule has 4 aliphatic carbocycles. The van der Waals surface area contributed by atoms with Crippen LogP contribution in [0.3, 0.4) is 0 Å². The van der Waals surface area contributed by atoms with Crippen LogP contribution in [-0.4, -0.2) is 36.6 Å². The fraction of sp³-hybridized carbons (Fsp3) is 0.714. The molecular formula is C21H29ClN4O. The number of amides is 1. The van der Waals surface area contributed by atoms with Gasteiger partial charge < -0.3 is 16.0 Å². The van der Waals surface area contributed by atoms with Gasteiger partial charge in [0.05, 0.1) is 10.6 Å². The summed E-state index contributed by atoms with van der Waals surface area (Å²) in [7, 11) is 0. The number of pyridine rings is 1. The van der Waals surface area contributed by atoms with Gasteiger partial charge >= 0.3 is 0 Å². The number of hydrogen-bond acceptors (Lipinski definition) is 4. The van der Waals surface area contributed by atoms with Crippen molar-refractivity contribution in [3.05, 3.63) is 22.8 Å². The number of anilines is 1. The highest BCUT2D eigenvalue weighted by atomic mass is 35.5. The minimum absolute atomic E-state index is 0.0668. The number of nitrogens with zero attached hydrogens (tertiary/aromatic N) is 2. The van der Waals surface area contributed by atoms with Gasteiger partial charge in [0, 0.05) is 31.9 Å². The number of hydrogen-bond donors (Lipinski definition) is 2. The fourth-order valence-electron chi connectivity index (χ4n) is 6.64. The van der Waals surface area contributed by atoms with Crippen molar-refractivity contribution in [2.24, 2.45) is 28.9 Å². The SMILES string of the molecule is NC1CCN(c2cc(C(=O)NCC34CC5CC(CC(C5)C3)C4)c(Cl)cn2)C1. The number of aromatic nitrogens is 1. The Morgan fingerprint density at radius 3 is 2.52 bits per heavy atom. The summed E-state index contributed by atoms with van der Waals surface area (Å²) in [6, 6.07) is 2.01. The van der Waals surface area contributed by atoms with E-state index in [0.717, 1.165) is 49.6 Å². The lowest BCUT2D eigenvalue weighted by Crippen LogP contribution is -2.51. The van der Waals surface area contributed by atoms with Crippen LogP contribution >= 0.6 is 11.6 Å². The molecule has 2 heterocycles. The van der Waals surface area contributed by atoms with Gasteiger partial charge in [0.15, 0.2) is 0 Å². The zero-order chi connectivity index (χ0) is 18.6. The second-order valence-electron chi connectivity index (χ2n) is 9.62. The number of halogens is 1. The molecule has 5 nitrogen and oxygen atoms in total. The van der Waals surface area contributed by atoms with E-state index in [4.69, 9.17) is 17.3 Å². The standard InChI is InChI=1S/C21H29ClN4O/c22-18-10-24-19(26-2-1-16(23)11-26)6-17(18)20(27)25-12-21-7-13-3-14(8-21)5-15(4-13)9-21/h6,10,13-16H,1-5,7-9,11-12,23H2,(H,25,27). The van der Waals surface area contributed by atoms with Gasteiger partial charge in [0.2, 0.25) is 0 Å². The third-order valence-corrected chi connectivity index (χ3v) is 7.72. The molecule has 4 bridgehead atoms. The lowest BCUT2D eigenvalue weighted by Gasteiger charge is -2.56. The average molecular weight is 389 g/mol. The van der Waals surface area contributed by atoms with Crippen LogP contribution in [0.4, 0.5) is 5.82 Å². The van der Waals surface area contributed by atoms with Gasteiger partial charge in [0.1, 0.15) is 5.82 Å². The maximum Gasteiger partial charge on any atom is 0.253 e. The molecule has 1 unspecified atom stereocenters. The number of nitrogens with one attached hydrogen (secondary N) is 1. The molecule has 3 N–H and O–H groups in total. The molecule has 0 aromatic carbocycles. The Hall–Kier alpha value is -1.33. The first-order valence-corrected chi connectivity index (χ1v) is 10.8. The van der Waals surface area contributed by atoms with E-state index in [1.54, 1.807) is 6.20 Å². The molecule has 1 aromatic heterocycles. The van der Waals surface area contributed by atoms with E-state index in [1.807, 2.05) is 6.07 Å². The molecule has 27 heavy (non-hydrogen) atoms. The van der Waals surface area contributed by atoms with Crippen molar-refractivity contribution in [1.82, 2.24) is 10.3 Å². The van der Waals surface area contributed by atoms with Crippen LogP contribution in [0.2, 0.25) is 5.02 Å². The zero-order valence-corrected chi connectivity index (χ0v) is 16.5. The van der Waals surface area contributed by atoms with Gasteiger partial charge in [-0.15, -0.1) is 0 Å². The molecule has 1 amide bonds. The number of rotatable bonds is 4. The zero-order valence-electron chi connectivity index (χ0n) is 15.8. The summed E-state index contributed by atoms with van der Waals surface area (Å²) < 4.78 is 0. The first kappa shape index (κ1) is 17.7. The highest BCUT2D eigenvalue weighted by Crippen LogP contribution is 2.59. The van der Waals surface area contributed by atoms with Crippen LogP contribution in [0, 0.1) is 23.2 Å². The van der Waals surface area contributed by atoms with Crippen molar-refractivity contribution in [1.29, 1.82) is 0 Å². The molecule has 1 aromatic rings. The smallest absolute Gasteiger partial charge is 0.253 e. The third-order valence-electron chi connectivity index (χ3n) is 7.42. The van der Waals surface area contributed by atoms with Crippen LogP contribution in [-0.2, 0) is 0 Å². The Bertz CT molecular complexity index is 716. The Kier molecular flexibility index (Phi) is 4.36. The quantitative estimate of drug-likeness (QED) is 0.830.